The number of nitrogens with one attached hydrogen (secondary N) is 2. The highest BCUT2D eigenvalue weighted by atomic mass is 32.1. The van der Waals surface area contributed by atoms with Crippen LogP contribution in [0, 0.1) is 6.92 Å². The van der Waals surface area contributed by atoms with E-state index in [1.165, 1.54) is 21.8 Å². The average molecular weight is 403 g/mol. The van der Waals surface area contributed by atoms with E-state index in [-0.39, 0.29) is 17.9 Å². The Labute approximate surface area is 165 Å². The van der Waals surface area contributed by atoms with Crippen LogP contribution in [0.5, 0.6) is 0 Å². The van der Waals surface area contributed by atoms with Crippen LogP contribution < -0.4 is 10.9 Å². The average Bonchev–Trinajstić information content (AvgIpc) is 3.26. The molecule has 0 bridgehead atoms. The van der Waals surface area contributed by atoms with E-state index in [0.29, 0.717) is 23.3 Å². The van der Waals surface area contributed by atoms with Gasteiger partial charge in [0, 0.05) is 22.6 Å². The summed E-state index contributed by atoms with van der Waals surface area (Å²) in [6.07, 6.45) is 3.79. The van der Waals surface area contributed by atoms with E-state index in [1.54, 1.807) is 11.3 Å². The lowest BCUT2D eigenvalue weighted by molar-refractivity contribution is -0.116. The lowest BCUT2D eigenvalue weighted by Gasteiger charge is -2.03. The van der Waals surface area contributed by atoms with Crippen LogP contribution in [0.2, 0.25) is 0 Å². The molecule has 6 nitrogen and oxygen atoms in total. The predicted octanol–water partition coefficient (Wildman–Crippen LogP) is 3.93. The molecule has 0 atom stereocenters. The molecule has 1 aliphatic rings. The Morgan fingerprint density at radius 2 is 2.07 bits per heavy atom. The topological polar surface area (TPSA) is 87.7 Å². The van der Waals surface area contributed by atoms with Crippen molar-refractivity contribution in [3.63, 3.8) is 0 Å². The van der Waals surface area contributed by atoms with Crippen LogP contribution >= 0.6 is 22.7 Å². The molecule has 0 saturated heterocycles. The van der Waals surface area contributed by atoms with Gasteiger partial charge in [0.1, 0.15) is 10.7 Å². The smallest absolute Gasteiger partial charge is 0.259 e. The third-order valence-corrected chi connectivity index (χ3v) is 6.93. The number of hydrogen-bond acceptors (Lipinski definition) is 6. The van der Waals surface area contributed by atoms with E-state index in [4.69, 9.17) is 0 Å². The van der Waals surface area contributed by atoms with Crippen LogP contribution in [0.15, 0.2) is 4.79 Å². The van der Waals surface area contributed by atoms with Crippen LogP contribution in [0.1, 0.15) is 59.4 Å². The van der Waals surface area contributed by atoms with E-state index < -0.39 is 0 Å². The van der Waals surface area contributed by atoms with Gasteiger partial charge in [0.15, 0.2) is 5.13 Å². The standard InChI is InChI=1S/C19H22N4O2S2/c1-9(2)16-10(3)26-19(23-16)22-14(24)8-7-13-20-17(25)15-11-5-4-6-12(11)27-18(15)21-13/h9H,4-8H2,1-3H3,(H,20,21,25)(H,22,23,24). The lowest BCUT2D eigenvalue weighted by Crippen LogP contribution is -2.16. The Balaban J connectivity index is 1.45. The minimum Gasteiger partial charge on any atom is -0.310 e. The van der Waals surface area contributed by atoms with Gasteiger partial charge in [-0.3, -0.25) is 9.59 Å². The minimum absolute atomic E-state index is 0.0769. The lowest BCUT2D eigenvalue weighted by atomic mass is 10.1. The monoisotopic (exact) mass is 402 g/mol. The maximum Gasteiger partial charge on any atom is 0.259 e. The normalized spacial score (nSPS) is 13.5. The number of fused-ring (bicyclic) bond motifs is 3. The number of thiophene rings is 1. The molecule has 1 aliphatic carbocycles. The van der Waals surface area contributed by atoms with Crippen molar-refractivity contribution in [2.45, 2.75) is 58.8 Å². The number of anilines is 1. The van der Waals surface area contributed by atoms with Gasteiger partial charge < -0.3 is 10.3 Å². The molecule has 0 fully saturated rings. The fraction of sp³-hybridized carbons (Fsp3) is 0.474. The van der Waals surface area contributed by atoms with Crippen LogP contribution in [0.4, 0.5) is 5.13 Å². The largest absolute Gasteiger partial charge is 0.310 e. The minimum atomic E-state index is -0.115. The summed E-state index contributed by atoms with van der Waals surface area (Å²) in [5.41, 5.74) is 2.12. The highest BCUT2D eigenvalue weighted by molar-refractivity contribution is 7.18. The molecule has 0 aromatic carbocycles. The quantitative estimate of drug-likeness (QED) is 0.677. The number of aromatic nitrogens is 3. The van der Waals surface area contributed by atoms with Crippen molar-refractivity contribution in [2.75, 3.05) is 5.32 Å². The van der Waals surface area contributed by atoms with Gasteiger partial charge in [0.05, 0.1) is 11.1 Å². The number of aromatic amines is 1. The first-order valence-corrected chi connectivity index (χ1v) is 10.9. The molecule has 0 unspecified atom stereocenters. The molecule has 27 heavy (non-hydrogen) atoms. The fourth-order valence-corrected chi connectivity index (χ4v) is 5.84. The molecule has 2 N–H and O–H groups in total. The van der Waals surface area contributed by atoms with Crippen molar-refractivity contribution in [1.29, 1.82) is 0 Å². The molecular formula is C19H22N4O2S2. The first-order valence-electron chi connectivity index (χ1n) is 9.23. The maximum absolute atomic E-state index is 12.5. The number of carbonyl (C=O) groups is 1. The molecule has 0 spiro atoms. The zero-order chi connectivity index (χ0) is 19.1. The van der Waals surface area contributed by atoms with Crippen molar-refractivity contribution in [1.82, 2.24) is 15.0 Å². The second kappa shape index (κ2) is 7.16. The van der Waals surface area contributed by atoms with E-state index in [9.17, 15) is 9.59 Å². The van der Waals surface area contributed by atoms with Gasteiger partial charge in [0.2, 0.25) is 5.91 Å². The van der Waals surface area contributed by atoms with Gasteiger partial charge in [-0.15, -0.1) is 22.7 Å². The first kappa shape index (κ1) is 18.3. The molecule has 4 rings (SSSR count). The summed E-state index contributed by atoms with van der Waals surface area (Å²) >= 11 is 3.11. The Morgan fingerprint density at radius 3 is 2.81 bits per heavy atom. The van der Waals surface area contributed by atoms with Gasteiger partial charge in [0.25, 0.3) is 5.56 Å². The summed E-state index contributed by atoms with van der Waals surface area (Å²) in [4.78, 5) is 39.9. The number of carbonyl (C=O) groups excluding carboxylic acids is 1. The third kappa shape index (κ3) is 3.55. The Kier molecular flexibility index (Phi) is 4.86. The molecule has 0 saturated carbocycles. The Hall–Kier alpha value is -2.06. The SMILES string of the molecule is Cc1sc(NC(=O)CCc2nc3sc4c(c3c(=O)[nH]2)CCC4)nc1C(C)C. The number of aryl methyl sites for hydroxylation is 4. The molecule has 142 valence electrons. The van der Waals surface area contributed by atoms with Gasteiger partial charge in [-0.25, -0.2) is 9.97 Å². The van der Waals surface area contributed by atoms with Crippen molar-refractivity contribution >= 4 is 43.9 Å². The first-order chi connectivity index (χ1) is 12.9. The second-order valence-corrected chi connectivity index (χ2v) is 9.50. The van der Waals surface area contributed by atoms with E-state index >= 15 is 0 Å². The zero-order valence-electron chi connectivity index (χ0n) is 15.6. The van der Waals surface area contributed by atoms with Crippen LogP contribution in [0.3, 0.4) is 0 Å². The van der Waals surface area contributed by atoms with Crippen LogP contribution in [-0.2, 0) is 24.1 Å². The predicted molar refractivity (Wildman–Crippen MR) is 110 cm³/mol. The molecule has 8 heteroatoms. The summed E-state index contributed by atoms with van der Waals surface area (Å²) in [5, 5.41) is 4.25. The highest BCUT2D eigenvalue weighted by Gasteiger charge is 2.21. The Morgan fingerprint density at radius 1 is 1.26 bits per heavy atom. The number of hydrogen-bond donors (Lipinski definition) is 2. The molecule has 3 aromatic heterocycles. The molecule has 1 amide bonds. The van der Waals surface area contributed by atoms with Crippen molar-refractivity contribution in [3.8, 4) is 0 Å². The zero-order valence-corrected chi connectivity index (χ0v) is 17.3. The third-order valence-electron chi connectivity index (χ3n) is 4.84. The number of thiazole rings is 1. The van der Waals surface area contributed by atoms with Gasteiger partial charge in [-0.05, 0) is 37.7 Å². The number of rotatable bonds is 5. The van der Waals surface area contributed by atoms with Crippen molar-refractivity contribution in [2.24, 2.45) is 0 Å². The summed E-state index contributed by atoms with van der Waals surface area (Å²) in [7, 11) is 0. The highest BCUT2D eigenvalue weighted by Crippen LogP contribution is 2.34. The molecule has 3 heterocycles. The maximum atomic E-state index is 12.5. The van der Waals surface area contributed by atoms with E-state index in [2.05, 4.69) is 34.1 Å². The fourth-order valence-electron chi connectivity index (χ4n) is 3.58. The van der Waals surface area contributed by atoms with Gasteiger partial charge >= 0.3 is 0 Å². The number of H-pyrrole nitrogens is 1. The van der Waals surface area contributed by atoms with E-state index in [1.807, 2.05) is 6.92 Å². The summed E-state index contributed by atoms with van der Waals surface area (Å²) in [5.74, 6) is 0.788. The number of amides is 1. The van der Waals surface area contributed by atoms with Gasteiger partial charge in [-0.2, -0.15) is 0 Å². The van der Waals surface area contributed by atoms with Crippen LogP contribution in [0.25, 0.3) is 10.2 Å². The summed E-state index contributed by atoms with van der Waals surface area (Å²) in [6.45, 7) is 6.20. The summed E-state index contributed by atoms with van der Waals surface area (Å²) < 4.78 is 0. The molecule has 3 aromatic rings. The molecular weight excluding hydrogens is 380 g/mol. The Bertz CT molecular complexity index is 1080. The molecule has 0 aliphatic heterocycles. The number of nitrogens with zero attached hydrogens (tertiary/aromatic N) is 2. The van der Waals surface area contributed by atoms with E-state index in [0.717, 1.165) is 40.1 Å². The van der Waals surface area contributed by atoms with Crippen LogP contribution in [-0.4, -0.2) is 20.9 Å². The second-order valence-electron chi connectivity index (χ2n) is 7.21. The van der Waals surface area contributed by atoms with Gasteiger partial charge in [-0.1, -0.05) is 13.8 Å². The van der Waals surface area contributed by atoms with Crippen molar-refractivity contribution < 1.29 is 4.79 Å². The van der Waals surface area contributed by atoms with Crippen molar-refractivity contribution in [3.05, 3.63) is 37.2 Å². The molecule has 0 radical (unpaired) electrons. The summed E-state index contributed by atoms with van der Waals surface area (Å²) in [6, 6.07) is 0.